The van der Waals surface area contributed by atoms with Gasteiger partial charge >= 0.3 is 11.9 Å². The molecule has 2 aliphatic heterocycles. The molecule has 2 heterocycles. The third-order valence-corrected chi connectivity index (χ3v) is 11.0. The summed E-state index contributed by atoms with van der Waals surface area (Å²) in [5.41, 5.74) is 15.0. The van der Waals surface area contributed by atoms with Crippen LogP contribution in [0.3, 0.4) is 0 Å². The number of nitrogens with zero attached hydrogens (tertiary/aromatic N) is 3. The molecule has 0 radical (unpaired) electrons. The number of nitrogens with two attached hydrogens (primary N) is 2. The Kier molecular flexibility index (Phi) is 20.8. The highest BCUT2D eigenvalue weighted by atomic mass is 16.7. The maximum absolute atomic E-state index is 14.2. The van der Waals surface area contributed by atoms with Crippen LogP contribution in [0.15, 0.2) is 16.6 Å². The number of phenolic OH excluding ortho intramolecular Hbond substituents is 1. The Morgan fingerprint density at radius 2 is 1.77 bits per heavy atom. The molecule has 0 saturated carbocycles. The molecule has 5 atom stereocenters. The number of amides is 5. The van der Waals surface area contributed by atoms with Gasteiger partial charge in [0.15, 0.2) is 11.1 Å². The van der Waals surface area contributed by atoms with E-state index in [2.05, 4.69) is 26.3 Å². The number of rotatable bonds is 25. The van der Waals surface area contributed by atoms with Gasteiger partial charge in [-0.1, -0.05) is 17.1 Å². The number of ether oxygens (including phenoxy) is 3. The Morgan fingerprint density at radius 3 is 2.42 bits per heavy atom. The zero-order valence-corrected chi connectivity index (χ0v) is 37.4. The van der Waals surface area contributed by atoms with E-state index in [1.165, 1.54) is 18.9 Å². The molecule has 1 fully saturated rings. The minimum absolute atomic E-state index is 0.00134. The number of hydrogen-bond acceptors (Lipinski definition) is 16. The summed E-state index contributed by atoms with van der Waals surface area (Å²) in [6, 6.07) is -4.94. The first-order valence-corrected chi connectivity index (χ1v) is 21.2. The number of hydrogen-bond donors (Lipinski definition) is 9. The Bertz CT molecular complexity index is 1990. The van der Waals surface area contributed by atoms with Gasteiger partial charge in [-0.2, -0.15) is 0 Å². The molecular weight excluding hydrogens is 857 g/mol. The number of nitrogens with one attached hydrogen (secondary N) is 5. The summed E-state index contributed by atoms with van der Waals surface area (Å²) < 4.78 is 15.4. The zero-order valence-electron chi connectivity index (χ0n) is 37.4. The molecule has 0 aromatic heterocycles. The summed E-state index contributed by atoms with van der Waals surface area (Å²) in [7, 11) is 2.53. The van der Waals surface area contributed by atoms with Crippen LogP contribution >= 0.6 is 0 Å². The molecule has 24 nitrogen and oxygen atoms in total. The van der Waals surface area contributed by atoms with Crippen LogP contribution in [-0.4, -0.2) is 138 Å². The number of carbonyl (C=O) groups is 7. The van der Waals surface area contributed by atoms with Crippen molar-refractivity contribution >= 4 is 47.4 Å². The molecular formula is C41H62N10O14. The van der Waals surface area contributed by atoms with E-state index < -0.39 is 76.8 Å². The van der Waals surface area contributed by atoms with E-state index in [-0.39, 0.29) is 95.0 Å². The summed E-state index contributed by atoms with van der Waals surface area (Å²) in [4.78, 5) is 107. The quantitative estimate of drug-likeness (QED) is 0.0105. The fraction of sp³-hybridized carbons (Fsp3) is 0.610. The van der Waals surface area contributed by atoms with Gasteiger partial charge in [0.05, 0.1) is 26.9 Å². The molecule has 24 heteroatoms. The van der Waals surface area contributed by atoms with Gasteiger partial charge in [0, 0.05) is 37.2 Å². The lowest BCUT2D eigenvalue weighted by Crippen LogP contribution is -2.58. The average Bonchev–Trinajstić information content (AvgIpc) is 3.92. The Balaban J connectivity index is 1.78. The standard InChI is InChI=1S/C41H62N10O14/c1-22(13-15-25-34(55)32-26(21-65-39(32)59)23(2)35(25)63-4)14-16-30(53)46-28(11-8-18-45-41(43)49-51(61)62)38(58)50-19-9-12-29(50)37(57)47-27(10-6-7-17-44-31(54)20-42)36(56)48-33(24(3)52)40(60)64-5/h13,24,27-29,33,52,55H,6-12,14-21,42H2,1-5H3,(H,44,54)(H,46,53)(H,47,57)(H,48,56)(H3,43,45,49)/b22-13+. The number of benzene rings is 1. The Morgan fingerprint density at radius 1 is 1.06 bits per heavy atom. The predicted octanol–water partition coefficient (Wildman–Crippen LogP) is -1.23. The van der Waals surface area contributed by atoms with Crippen LogP contribution in [0.25, 0.3) is 0 Å². The molecule has 0 spiro atoms. The number of aliphatic hydroxyl groups excluding tert-OH is 1. The molecule has 2 aliphatic rings. The average molecular weight is 919 g/mol. The van der Waals surface area contributed by atoms with Crippen molar-refractivity contribution in [2.45, 2.75) is 122 Å². The van der Waals surface area contributed by atoms with Gasteiger partial charge in [-0.3, -0.25) is 24.0 Å². The second kappa shape index (κ2) is 25.7. The molecule has 11 N–H and O–H groups in total. The van der Waals surface area contributed by atoms with E-state index in [4.69, 9.17) is 25.7 Å². The lowest BCUT2D eigenvalue weighted by molar-refractivity contribution is -0.525. The monoisotopic (exact) mass is 918 g/mol. The number of aromatic hydroxyl groups is 1. The van der Waals surface area contributed by atoms with Crippen molar-refractivity contribution in [2.24, 2.45) is 16.5 Å². The number of aliphatic imine (C=N–C) groups is 1. The molecule has 1 aromatic rings. The third kappa shape index (κ3) is 15.3. The smallest absolute Gasteiger partial charge is 0.342 e. The van der Waals surface area contributed by atoms with E-state index in [9.17, 15) is 53.9 Å². The summed E-state index contributed by atoms with van der Waals surface area (Å²) >= 11 is 0. The van der Waals surface area contributed by atoms with Crippen molar-refractivity contribution in [3.05, 3.63) is 44.0 Å². The van der Waals surface area contributed by atoms with E-state index in [0.717, 1.165) is 12.7 Å². The number of carbonyl (C=O) groups excluding carboxylic acids is 7. The fourth-order valence-electron chi connectivity index (χ4n) is 7.44. The number of likely N-dealkylation sites (tertiary alicyclic amines) is 1. The Labute approximate surface area is 375 Å². The van der Waals surface area contributed by atoms with Crippen LogP contribution in [0.2, 0.25) is 0 Å². The number of esters is 2. The van der Waals surface area contributed by atoms with E-state index in [0.29, 0.717) is 41.7 Å². The Hall–Kier alpha value is -6.56. The van der Waals surface area contributed by atoms with Gasteiger partial charge in [0.2, 0.25) is 29.5 Å². The molecule has 65 heavy (non-hydrogen) atoms. The van der Waals surface area contributed by atoms with Gasteiger partial charge < -0.3 is 62.1 Å². The third-order valence-electron chi connectivity index (χ3n) is 11.0. The number of unbranched alkanes of at least 4 members (excludes halogenated alkanes) is 1. The highest BCUT2D eigenvalue weighted by Gasteiger charge is 2.39. The maximum Gasteiger partial charge on any atom is 0.342 e. The van der Waals surface area contributed by atoms with Gasteiger partial charge in [-0.25, -0.2) is 24.7 Å². The summed E-state index contributed by atoms with van der Waals surface area (Å²) in [6.45, 7) is 4.94. The first-order chi connectivity index (χ1) is 30.8. The topological polar surface area (TPSA) is 359 Å². The maximum atomic E-state index is 14.2. The summed E-state index contributed by atoms with van der Waals surface area (Å²) in [5, 5.41) is 41.5. The van der Waals surface area contributed by atoms with E-state index >= 15 is 0 Å². The second-order valence-electron chi connectivity index (χ2n) is 15.6. The largest absolute Gasteiger partial charge is 0.507 e. The normalized spacial score (nSPS) is 16.6. The van der Waals surface area contributed by atoms with Crippen LogP contribution < -0.4 is 42.9 Å². The number of cyclic esters (lactones) is 1. The van der Waals surface area contributed by atoms with Crippen LogP contribution in [0.4, 0.5) is 0 Å². The summed E-state index contributed by atoms with van der Waals surface area (Å²) in [5.74, 6) is -4.84. The summed E-state index contributed by atoms with van der Waals surface area (Å²) in [6.07, 6.45) is 2.27. The molecule has 0 bridgehead atoms. The first kappa shape index (κ1) is 52.8. The van der Waals surface area contributed by atoms with Crippen LogP contribution in [0.1, 0.15) is 98.7 Å². The molecule has 1 saturated heterocycles. The van der Waals surface area contributed by atoms with E-state index in [1.807, 2.05) is 0 Å². The molecule has 0 aliphatic carbocycles. The number of allylic oxidation sites excluding steroid dienone is 2. The van der Waals surface area contributed by atoms with Gasteiger partial charge in [0.25, 0.3) is 5.96 Å². The van der Waals surface area contributed by atoms with Gasteiger partial charge in [0.1, 0.15) is 41.8 Å². The van der Waals surface area contributed by atoms with Crippen molar-refractivity contribution in [3.8, 4) is 11.5 Å². The second-order valence-corrected chi connectivity index (χ2v) is 15.6. The first-order valence-electron chi connectivity index (χ1n) is 21.2. The lowest BCUT2D eigenvalue weighted by atomic mass is 9.94. The number of methoxy groups -OCH3 is 2. The van der Waals surface area contributed by atoms with Crippen LogP contribution in [0, 0.1) is 17.0 Å². The molecule has 3 rings (SSSR count). The molecule has 1 aromatic carbocycles. The highest BCUT2D eigenvalue weighted by Crippen LogP contribution is 2.42. The van der Waals surface area contributed by atoms with Crippen molar-refractivity contribution in [1.82, 2.24) is 31.6 Å². The van der Waals surface area contributed by atoms with Crippen molar-refractivity contribution in [3.63, 3.8) is 0 Å². The number of hydrazine groups is 1. The lowest BCUT2D eigenvalue weighted by Gasteiger charge is -2.30. The SMILES string of the molecule is COC(=O)C(NC(=O)C(CCCCNC(=O)CN)NC(=O)C1CCCN1C(=O)C(CCCN=C(N)N[N+](=O)[O-])NC(=O)CC/C(C)=C/Cc1c(O)c2c(c(C)c1OC)COC2=O)C(C)O. The minimum atomic E-state index is -1.45. The van der Waals surface area contributed by atoms with Crippen LogP contribution in [-0.2, 0) is 51.3 Å². The fourth-order valence-corrected chi connectivity index (χ4v) is 7.44. The minimum Gasteiger partial charge on any atom is -0.507 e. The molecule has 5 unspecified atom stereocenters. The number of aliphatic hydroxyl groups is 1. The number of guanidine groups is 1. The zero-order chi connectivity index (χ0) is 48.4. The number of fused-ring (bicyclic) bond motifs is 1. The predicted molar refractivity (Wildman–Crippen MR) is 231 cm³/mol. The molecule has 360 valence electrons. The number of phenols is 1. The highest BCUT2D eigenvalue weighted by molar-refractivity contribution is 5.98. The van der Waals surface area contributed by atoms with Crippen LogP contribution in [0.5, 0.6) is 11.5 Å². The van der Waals surface area contributed by atoms with Crippen molar-refractivity contribution < 1.29 is 63.0 Å². The van der Waals surface area contributed by atoms with Gasteiger partial charge in [-0.15, -0.1) is 0 Å². The van der Waals surface area contributed by atoms with Gasteiger partial charge in [-0.05, 0) is 84.1 Å². The number of nitro groups is 1. The molecule has 5 amide bonds. The van der Waals surface area contributed by atoms with E-state index in [1.54, 1.807) is 25.3 Å². The van der Waals surface area contributed by atoms with Crippen molar-refractivity contribution in [1.29, 1.82) is 0 Å². The van der Waals surface area contributed by atoms with Crippen molar-refractivity contribution in [2.75, 3.05) is 40.4 Å².